The van der Waals surface area contributed by atoms with Gasteiger partial charge in [0, 0.05) is 13.7 Å². The second-order valence-electron chi connectivity index (χ2n) is 3.71. The zero-order valence-electron chi connectivity index (χ0n) is 10.2. The van der Waals surface area contributed by atoms with Crippen molar-refractivity contribution in [3.05, 3.63) is 22.4 Å². The van der Waals surface area contributed by atoms with Gasteiger partial charge in [-0.2, -0.15) is 0 Å². The van der Waals surface area contributed by atoms with E-state index in [0.717, 1.165) is 0 Å². The highest BCUT2D eigenvalue weighted by Gasteiger charge is 2.21. The minimum absolute atomic E-state index is 0.228. The summed E-state index contributed by atoms with van der Waals surface area (Å²) < 4.78 is 5.00. The number of nitrogens with two attached hydrogens (primary N) is 1. The molecule has 0 unspecified atom stereocenters. The lowest BCUT2D eigenvalue weighted by atomic mass is 10.2. The first kappa shape index (κ1) is 15.0. The van der Waals surface area contributed by atoms with Crippen molar-refractivity contribution in [1.82, 2.24) is 4.98 Å². The standard InChI is InChI=1S/C11H15Cl2N3O2/c1-7(11(14)17)16(5-6-18-2)8-3-4-9(12)15-10(8)13/h3-4,7H,5-6H2,1-2H3,(H2,14,17)/t7-/m0/s1. The third-order valence-corrected chi connectivity index (χ3v) is 3.01. The van der Waals surface area contributed by atoms with Crippen molar-refractivity contribution in [2.24, 2.45) is 5.73 Å². The van der Waals surface area contributed by atoms with Crippen molar-refractivity contribution < 1.29 is 9.53 Å². The molecule has 1 amide bonds. The maximum absolute atomic E-state index is 11.3. The molecule has 1 heterocycles. The average molecular weight is 292 g/mol. The number of hydrogen-bond acceptors (Lipinski definition) is 4. The molecule has 18 heavy (non-hydrogen) atoms. The predicted octanol–water partition coefficient (Wildman–Crippen LogP) is 1.72. The lowest BCUT2D eigenvalue weighted by Crippen LogP contribution is -2.44. The molecule has 100 valence electrons. The van der Waals surface area contributed by atoms with Crippen molar-refractivity contribution in [2.45, 2.75) is 13.0 Å². The smallest absolute Gasteiger partial charge is 0.239 e. The van der Waals surface area contributed by atoms with Gasteiger partial charge in [-0.05, 0) is 19.1 Å². The molecule has 1 aromatic rings. The second-order valence-corrected chi connectivity index (χ2v) is 4.45. The number of anilines is 1. The number of ether oxygens (including phenoxy) is 1. The van der Waals surface area contributed by atoms with Crippen LogP contribution < -0.4 is 10.6 Å². The predicted molar refractivity (Wildman–Crippen MR) is 72.1 cm³/mol. The summed E-state index contributed by atoms with van der Waals surface area (Å²) >= 11 is 11.8. The van der Waals surface area contributed by atoms with Gasteiger partial charge in [-0.3, -0.25) is 4.79 Å². The van der Waals surface area contributed by atoms with Crippen LogP contribution in [0.5, 0.6) is 0 Å². The Hall–Kier alpha value is -1.04. The van der Waals surface area contributed by atoms with Crippen LogP contribution in [-0.2, 0) is 9.53 Å². The van der Waals surface area contributed by atoms with Crippen molar-refractivity contribution in [2.75, 3.05) is 25.2 Å². The van der Waals surface area contributed by atoms with Crippen LogP contribution in [0.25, 0.3) is 0 Å². The molecule has 1 atom stereocenters. The van der Waals surface area contributed by atoms with Gasteiger partial charge in [0.15, 0.2) is 5.15 Å². The summed E-state index contributed by atoms with van der Waals surface area (Å²) in [5.74, 6) is -0.447. The molecule has 1 aromatic heterocycles. The molecule has 0 aliphatic heterocycles. The summed E-state index contributed by atoms with van der Waals surface area (Å²) in [4.78, 5) is 17.0. The molecule has 0 aromatic carbocycles. The monoisotopic (exact) mass is 291 g/mol. The minimum atomic E-state index is -0.513. The number of amides is 1. The highest BCUT2D eigenvalue weighted by Crippen LogP contribution is 2.27. The molecule has 0 aliphatic rings. The number of methoxy groups -OCH3 is 1. The molecule has 0 spiro atoms. The molecular formula is C11H15Cl2N3O2. The fraction of sp³-hybridized carbons (Fsp3) is 0.455. The quantitative estimate of drug-likeness (QED) is 0.810. The van der Waals surface area contributed by atoms with Gasteiger partial charge in [-0.15, -0.1) is 0 Å². The summed E-state index contributed by atoms with van der Waals surface area (Å²) in [6.45, 7) is 2.61. The summed E-state index contributed by atoms with van der Waals surface area (Å²) in [6.07, 6.45) is 0. The number of aromatic nitrogens is 1. The van der Waals surface area contributed by atoms with E-state index in [2.05, 4.69) is 4.98 Å². The average Bonchev–Trinajstić information content (AvgIpc) is 2.31. The summed E-state index contributed by atoms with van der Waals surface area (Å²) in [5, 5.41) is 0.522. The molecule has 0 saturated heterocycles. The Balaban J connectivity index is 3.04. The third kappa shape index (κ3) is 3.73. The Labute approximate surface area is 116 Å². The number of pyridine rings is 1. The van der Waals surface area contributed by atoms with Crippen LogP contribution >= 0.6 is 23.2 Å². The molecule has 0 radical (unpaired) electrons. The molecule has 0 aliphatic carbocycles. The van der Waals surface area contributed by atoms with Crippen molar-refractivity contribution in [3.8, 4) is 0 Å². The lowest BCUT2D eigenvalue weighted by Gasteiger charge is -2.29. The van der Waals surface area contributed by atoms with Crippen LogP contribution in [0.1, 0.15) is 6.92 Å². The van der Waals surface area contributed by atoms with Gasteiger partial charge < -0.3 is 15.4 Å². The van der Waals surface area contributed by atoms with E-state index < -0.39 is 11.9 Å². The topological polar surface area (TPSA) is 68.4 Å². The third-order valence-electron chi connectivity index (χ3n) is 2.52. The SMILES string of the molecule is COCCN(c1ccc(Cl)nc1Cl)[C@@H](C)C(N)=O. The fourth-order valence-electron chi connectivity index (χ4n) is 1.48. The molecule has 1 rings (SSSR count). The Morgan fingerprint density at radius 3 is 2.72 bits per heavy atom. The molecular weight excluding hydrogens is 277 g/mol. The Kier molecular flexibility index (Phi) is 5.65. The van der Waals surface area contributed by atoms with Gasteiger partial charge in [0.25, 0.3) is 0 Å². The largest absolute Gasteiger partial charge is 0.383 e. The molecule has 0 bridgehead atoms. The summed E-state index contributed by atoms with van der Waals surface area (Å²) in [7, 11) is 1.58. The zero-order chi connectivity index (χ0) is 13.7. The number of carbonyl (C=O) groups is 1. The van der Waals surface area contributed by atoms with E-state index >= 15 is 0 Å². The van der Waals surface area contributed by atoms with Gasteiger partial charge >= 0.3 is 0 Å². The van der Waals surface area contributed by atoms with Crippen LogP contribution in [-0.4, -0.2) is 37.2 Å². The van der Waals surface area contributed by atoms with Gasteiger partial charge in [-0.25, -0.2) is 4.98 Å². The lowest BCUT2D eigenvalue weighted by molar-refractivity contribution is -0.119. The molecule has 2 N–H and O–H groups in total. The first-order valence-corrected chi connectivity index (χ1v) is 6.10. The van der Waals surface area contributed by atoms with Crippen LogP contribution in [0, 0.1) is 0 Å². The van der Waals surface area contributed by atoms with Crippen molar-refractivity contribution in [1.29, 1.82) is 0 Å². The Bertz CT molecular complexity index is 429. The first-order valence-electron chi connectivity index (χ1n) is 5.34. The maximum atomic E-state index is 11.3. The molecule has 0 fully saturated rings. The van der Waals surface area contributed by atoms with E-state index in [0.29, 0.717) is 24.0 Å². The number of rotatable bonds is 6. The second kappa shape index (κ2) is 6.78. The number of carbonyl (C=O) groups excluding carboxylic acids is 1. The van der Waals surface area contributed by atoms with Gasteiger partial charge in [0.2, 0.25) is 5.91 Å². The van der Waals surface area contributed by atoms with Gasteiger partial charge in [0.05, 0.1) is 12.3 Å². The summed E-state index contributed by atoms with van der Waals surface area (Å²) in [6, 6.07) is 2.80. The zero-order valence-corrected chi connectivity index (χ0v) is 11.7. The molecule has 0 saturated carbocycles. The molecule has 7 heteroatoms. The fourth-order valence-corrected chi connectivity index (χ4v) is 1.94. The van der Waals surface area contributed by atoms with Crippen LogP contribution in [0.15, 0.2) is 12.1 Å². The van der Waals surface area contributed by atoms with Gasteiger partial charge in [0.1, 0.15) is 11.2 Å². The number of halogens is 2. The highest BCUT2D eigenvalue weighted by molar-refractivity contribution is 6.34. The number of primary amides is 1. The summed E-state index contributed by atoms with van der Waals surface area (Å²) in [5.41, 5.74) is 5.92. The Morgan fingerprint density at radius 1 is 1.56 bits per heavy atom. The van der Waals surface area contributed by atoms with Crippen LogP contribution in [0.4, 0.5) is 5.69 Å². The van der Waals surface area contributed by atoms with E-state index in [1.807, 2.05) is 0 Å². The number of nitrogens with zero attached hydrogens (tertiary/aromatic N) is 2. The van der Waals surface area contributed by atoms with Crippen molar-refractivity contribution >= 4 is 34.8 Å². The Morgan fingerprint density at radius 2 is 2.22 bits per heavy atom. The van der Waals surface area contributed by atoms with E-state index in [1.165, 1.54) is 0 Å². The van der Waals surface area contributed by atoms with E-state index in [9.17, 15) is 4.79 Å². The van der Waals surface area contributed by atoms with Crippen LogP contribution in [0.3, 0.4) is 0 Å². The van der Waals surface area contributed by atoms with Crippen molar-refractivity contribution in [3.63, 3.8) is 0 Å². The minimum Gasteiger partial charge on any atom is -0.383 e. The number of hydrogen-bond donors (Lipinski definition) is 1. The maximum Gasteiger partial charge on any atom is 0.239 e. The first-order chi connectivity index (χ1) is 8.47. The van der Waals surface area contributed by atoms with E-state index in [-0.39, 0.29) is 5.15 Å². The van der Waals surface area contributed by atoms with Crippen LogP contribution in [0.2, 0.25) is 10.3 Å². The normalized spacial score (nSPS) is 12.2. The van der Waals surface area contributed by atoms with Gasteiger partial charge in [-0.1, -0.05) is 23.2 Å². The van der Waals surface area contributed by atoms with E-state index in [1.54, 1.807) is 31.1 Å². The molecule has 5 nitrogen and oxygen atoms in total. The highest BCUT2D eigenvalue weighted by atomic mass is 35.5. The van der Waals surface area contributed by atoms with E-state index in [4.69, 9.17) is 33.7 Å².